The van der Waals surface area contributed by atoms with Crippen molar-refractivity contribution in [3.05, 3.63) is 59.8 Å². The summed E-state index contributed by atoms with van der Waals surface area (Å²) in [5.41, 5.74) is 2.19. The molecule has 0 aliphatic carbocycles. The van der Waals surface area contributed by atoms with Gasteiger partial charge in [0.05, 0.1) is 12.1 Å². The molecule has 5 nitrogen and oxygen atoms in total. The van der Waals surface area contributed by atoms with Crippen molar-refractivity contribution in [1.82, 2.24) is 14.7 Å². The minimum Gasteiger partial charge on any atom is -0.368 e. The van der Waals surface area contributed by atoms with E-state index in [1.807, 2.05) is 52.0 Å². The summed E-state index contributed by atoms with van der Waals surface area (Å²) in [5, 5.41) is 5.78. The largest absolute Gasteiger partial charge is 0.368 e. The van der Waals surface area contributed by atoms with Crippen molar-refractivity contribution < 1.29 is 4.79 Å². The van der Waals surface area contributed by atoms with Gasteiger partial charge in [-0.25, -0.2) is 0 Å². The average Bonchev–Trinajstić information content (AvgIpc) is 3.03. The number of aromatic nitrogens is 2. The fourth-order valence-electron chi connectivity index (χ4n) is 3.47. The van der Waals surface area contributed by atoms with Crippen LogP contribution in [0.25, 0.3) is 10.9 Å². The molecule has 0 unspecified atom stereocenters. The minimum absolute atomic E-state index is 0.174. The van der Waals surface area contributed by atoms with Crippen LogP contribution in [-0.4, -0.2) is 46.8 Å². The number of carbonyl (C=O) groups is 1. The molecular weight excluding hydrogens is 348 g/mol. The molecule has 1 aliphatic heterocycles. The van der Waals surface area contributed by atoms with Gasteiger partial charge in [0.15, 0.2) is 5.15 Å². The Morgan fingerprint density at radius 1 is 0.962 bits per heavy atom. The van der Waals surface area contributed by atoms with Crippen LogP contribution in [0.5, 0.6) is 0 Å². The summed E-state index contributed by atoms with van der Waals surface area (Å²) in [6, 6.07) is 18.2. The Bertz CT molecular complexity index is 901. The Balaban J connectivity index is 1.34. The molecule has 1 aromatic heterocycles. The third-order valence-electron chi connectivity index (χ3n) is 4.90. The highest BCUT2D eigenvalue weighted by Gasteiger charge is 2.21. The number of anilines is 1. The summed E-state index contributed by atoms with van der Waals surface area (Å²) in [4.78, 5) is 16.9. The highest BCUT2D eigenvalue weighted by atomic mass is 35.5. The normalized spacial score (nSPS) is 14.8. The molecule has 0 N–H and O–H groups in total. The van der Waals surface area contributed by atoms with Crippen LogP contribution >= 0.6 is 11.6 Å². The number of aryl methyl sites for hydroxylation is 1. The van der Waals surface area contributed by atoms with Crippen molar-refractivity contribution >= 4 is 34.1 Å². The molecule has 26 heavy (non-hydrogen) atoms. The average molecular weight is 369 g/mol. The first-order valence-corrected chi connectivity index (χ1v) is 9.29. The second kappa shape index (κ2) is 7.38. The Labute approximate surface area is 157 Å². The zero-order chi connectivity index (χ0) is 17.9. The van der Waals surface area contributed by atoms with Gasteiger partial charge in [-0.2, -0.15) is 5.10 Å². The summed E-state index contributed by atoms with van der Waals surface area (Å²) < 4.78 is 1.83. The molecule has 2 heterocycles. The first-order valence-electron chi connectivity index (χ1n) is 8.91. The van der Waals surface area contributed by atoms with Crippen LogP contribution in [-0.2, 0) is 11.3 Å². The van der Waals surface area contributed by atoms with E-state index in [1.54, 1.807) is 0 Å². The number of fused-ring (bicyclic) bond motifs is 1. The van der Waals surface area contributed by atoms with E-state index in [2.05, 4.69) is 22.1 Å². The molecule has 1 amide bonds. The second-order valence-corrected chi connectivity index (χ2v) is 6.84. The van der Waals surface area contributed by atoms with Gasteiger partial charge >= 0.3 is 0 Å². The monoisotopic (exact) mass is 368 g/mol. The molecule has 4 rings (SSSR count). The minimum atomic E-state index is 0.174. The number of halogens is 1. The molecule has 134 valence electrons. The van der Waals surface area contributed by atoms with Crippen molar-refractivity contribution in [2.45, 2.75) is 13.0 Å². The zero-order valence-electron chi connectivity index (χ0n) is 14.5. The van der Waals surface area contributed by atoms with E-state index in [9.17, 15) is 4.79 Å². The summed E-state index contributed by atoms with van der Waals surface area (Å²) in [5.74, 6) is 0.174. The molecule has 0 bridgehead atoms. The number of amides is 1. The number of rotatable bonds is 4. The van der Waals surface area contributed by atoms with E-state index < -0.39 is 0 Å². The summed E-state index contributed by atoms with van der Waals surface area (Å²) in [6.45, 7) is 3.80. The van der Waals surface area contributed by atoms with Crippen LogP contribution in [0.15, 0.2) is 54.6 Å². The predicted octanol–water partition coefficient (Wildman–Crippen LogP) is 3.43. The van der Waals surface area contributed by atoms with Crippen LogP contribution < -0.4 is 4.90 Å². The van der Waals surface area contributed by atoms with E-state index in [4.69, 9.17) is 11.6 Å². The van der Waals surface area contributed by atoms with Gasteiger partial charge in [-0.15, -0.1) is 0 Å². The molecular formula is C20H21ClN4O. The fraction of sp³-hybridized carbons (Fsp3) is 0.300. The molecule has 6 heteroatoms. The number of carbonyl (C=O) groups excluding carboxylic acids is 1. The smallest absolute Gasteiger partial charge is 0.224 e. The standard InChI is InChI=1S/C20H21ClN4O/c21-20-17-8-4-5-9-18(17)25(22-20)11-10-19(26)24-14-12-23(13-15-24)16-6-2-1-3-7-16/h1-9H,10-15H2. The van der Waals surface area contributed by atoms with Crippen LogP contribution in [0.3, 0.4) is 0 Å². The van der Waals surface area contributed by atoms with E-state index in [-0.39, 0.29) is 5.91 Å². The molecule has 0 spiro atoms. The SMILES string of the molecule is O=C(CCn1nc(Cl)c2ccccc21)N1CCN(c2ccccc2)CC1. The van der Waals surface area contributed by atoms with Gasteiger partial charge in [0.2, 0.25) is 5.91 Å². The Hall–Kier alpha value is -2.53. The van der Waals surface area contributed by atoms with Crippen LogP contribution in [0.4, 0.5) is 5.69 Å². The lowest BCUT2D eigenvalue weighted by Crippen LogP contribution is -2.48. The second-order valence-electron chi connectivity index (χ2n) is 6.48. The summed E-state index contributed by atoms with van der Waals surface area (Å²) in [6.07, 6.45) is 0.438. The Morgan fingerprint density at radius 2 is 1.65 bits per heavy atom. The Morgan fingerprint density at radius 3 is 2.42 bits per heavy atom. The van der Waals surface area contributed by atoms with E-state index in [0.717, 1.165) is 37.1 Å². The topological polar surface area (TPSA) is 41.4 Å². The quantitative estimate of drug-likeness (QED) is 0.708. The van der Waals surface area contributed by atoms with E-state index in [1.165, 1.54) is 5.69 Å². The van der Waals surface area contributed by atoms with E-state index in [0.29, 0.717) is 18.1 Å². The fourth-order valence-corrected chi connectivity index (χ4v) is 3.72. The maximum atomic E-state index is 12.6. The molecule has 0 saturated carbocycles. The van der Waals surface area contributed by atoms with Gasteiger partial charge < -0.3 is 9.80 Å². The molecule has 0 atom stereocenters. The predicted molar refractivity (Wildman–Crippen MR) is 105 cm³/mol. The van der Waals surface area contributed by atoms with Crippen molar-refractivity contribution in [3.8, 4) is 0 Å². The van der Waals surface area contributed by atoms with Gasteiger partial charge in [-0.05, 0) is 24.3 Å². The zero-order valence-corrected chi connectivity index (χ0v) is 15.3. The van der Waals surface area contributed by atoms with Crippen molar-refractivity contribution in [2.24, 2.45) is 0 Å². The highest BCUT2D eigenvalue weighted by Crippen LogP contribution is 2.22. The number of piperazine rings is 1. The molecule has 1 fully saturated rings. The van der Waals surface area contributed by atoms with Crippen LogP contribution in [0.1, 0.15) is 6.42 Å². The van der Waals surface area contributed by atoms with Crippen molar-refractivity contribution in [1.29, 1.82) is 0 Å². The van der Waals surface area contributed by atoms with Crippen molar-refractivity contribution in [2.75, 3.05) is 31.1 Å². The summed E-state index contributed by atoms with van der Waals surface area (Å²) in [7, 11) is 0. The Kier molecular flexibility index (Phi) is 4.80. The van der Waals surface area contributed by atoms with Gasteiger partial charge in [0.25, 0.3) is 0 Å². The molecule has 3 aromatic rings. The number of hydrogen-bond acceptors (Lipinski definition) is 3. The maximum Gasteiger partial charge on any atom is 0.224 e. The molecule has 1 saturated heterocycles. The van der Waals surface area contributed by atoms with Gasteiger partial charge in [0.1, 0.15) is 0 Å². The van der Waals surface area contributed by atoms with Crippen LogP contribution in [0.2, 0.25) is 5.15 Å². The number of benzene rings is 2. The van der Waals surface area contributed by atoms with Crippen LogP contribution in [0, 0.1) is 0 Å². The van der Waals surface area contributed by atoms with E-state index >= 15 is 0 Å². The number of hydrogen-bond donors (Lipinski definition) is 0. The highest BCUT2D eigenvalue weighted by molar-refractivity contribution is 6.34. The lowest BCUT2D eigenvalue weighted by molar-refractivity contribution is -0.131. The van der Waals surface area contributed by atoms with Gasteiger partial charge in [-0.1, -0.05) is 41.9 Å². The maximum absolute atomic E-state index is 12.6. The third-order valence-corrected chi connectivity index (χ3v) is 5.18. The summed E-state index contributed by atoms with van der Waals surface area (Å²) >= 11 is 6.18. The number of nitrogens with zero attached hydrogens (tertiary/aromatic N) is 4. The first kappa shape index (κ1) is 16.9. The lowest BCUT2D eigenvalue weighted by atomic mass is 10.2. The van der Waals surface area contributed by atoms with Gasteiger partial charge in [-0.3, -0.25) is 9.48 Å². The van der Waals surface area contributed by atoms with Crippen molar-refractivity contribution in [3.63, 3.8) is 0 Å². The molecule has 2 aromatic carbocycles. The lowest BCUT2D eigenvalue weighted by Gasteiger charge is -2.36. The molecule has 1 aliphatic rings. The third kappa shape index (κ3) is 3.40. The first-order chi connectivity index (χ1) is 12.7. The van der Waals surface area contributed by atoms with Gasteiger partial charge in [0, 0.05) is 43.7 Å². The molecule has 0 radical (unpaired) electrons. The number of para-hydroxylation sites is 2.